The molecule has 0 spiro atoms. The summed E-state index contributed by atoms with van der Waals surface area (Å²) in [6.45, 7) is 7.96. The van der Waals surface area contributed by atoms with E-state index in [-0.39, 0.29) is 0 Å². The molecular weight excluding hydrogens is 344 g/mol. The Labute approximate surface area is 142 Å². The molecule has 21 heavy (non-hydrogen) atoms. The summed E-state index contributed by atoms with van der Waals surface area (Å²) in [6, 6.07) is 2.84. The second-order valence-electron chi connectivity index (χ2n) is 7.00. The minimum absolute atomic E-state index is 0.478. The number of rotatable bonds is 7. The molecule has 1 N–H and O–H groups in total. The van der Waals surface area contributed by atoms with Crippen LogP contribution < -0.4 is 5.32 Å². The van der Waals surface area contributed by atoms with E-state index in [0.29, 0.717) is 11.5 Å². The van der Waals surface area contributed by atoms with E-state index in [2.05, 4.69) is 58.5 Å². The van der Waals surface area contributed by atoms with E-state index in [4.69, 9.17) is 0 Å². The van der Waals surface area contributed by atoms with Crippen molar-refractivity contribution in [2.45, 2.75) is 58.5 Å². The fourth-order valence-electron chi connectivity index (χ4n) is 3.44. The van der Waals surface area contributed by atoms with Gasteiger partial charge in [-0.3, -0.25) is 0 Å². The van der Waals surface area contributed by atoms with Crippen molar-refractivity contribution in [3.63, 3.8) is 0 Å². The van der Waals surface area contributed by atoms with Crippen molar-refractivity contribution in [3.05, 3.63) is 20.8 Å². The van der Waals surface area contributed by atoms with Gasteiger partial charge < -0.3 is 10.2 Å². The third kappa shape index (κ3) is 5.66. The molecule has 1 fully saturated rings. The summed E-state index contributed by atoms with van der Waals surface area (Å²) in [5, 5.41) is 5.88. The highest BCUT2D eigenvalue weighted by Crippen LogP contribution is 2.37. The predicted octanol–water partition coefficient (Wildman–Crippen LogP) is 4.89. The topological polar surface area (TPSA) is 15.3 Å². The van der Waals surface area contributed by atoms with Gasteiger partial charge in [0.25, 0.3) is 0 Å². The maximum atomic E-state index is 3.70. The molecule has 0 aliphatic heterocycles. The van der Waals surface area contributed by atoms with Crippen molar-refractivity contribution in [3.8, 4) is 0 Å². The molecule has 4 heteroatoms. The predicted molar refractivity (Wildman–Crippen MR) is 97.0 cm³/mol. The molecule has 0 unspecified atom stereocenters. The maximum Gasteiger partial charge on any atom is 0.0325 e. The zero-order chi connectivity index (χ0) is 15.3. The third-order valence-corrected chi connectivity index (χ3v) is 6.13. The molecular formula is C17H29BrN2S. The highest BCUT2D eigenvalue weighted by Gasteiger charge is 2.33. The Kier molecular flexibility index (Phi) is 6.73. The van der Waals surface area contributed by atoms with Gasteiger partial charge in [-0.15, -0.1) is 11.3 Å². The number of nitrogens with one attached hydrogen (secondary N) is 1. The van der Waals surface area contributed by atoms with Gasteiger partial charge in [-0.1, -0.05) is 33.1 Å². The van der Waals surface area contributed by atoms with Crippen LogP contribution in [0.25, 0.3) is 0 Å². The summed E-state index contributed by atoms with van der Waals surface area (Å²) in [4.78, 5) is 3.97. The first-order valence-electron chi connectivity index (χ1n) is 8.14. The molecule has 0 saturated heterocycles. The maximum absolute atomic E-state index is 3.70. The molecule has 120 valence electrons. The minimum Gasteiger partial charge on any atom is -0.314 e. The van der Waals surface area contributed by atoms with Gasteiger partial charge in [0.15, 0.2) is 0 Å². The number of hydrogen-bond acceptors (Lipinski definition) is 3. The van der Waals surface area contributed by atoms with Gasteiger partial charge >= 0.3 is 0 Å². The second kappa shape index (κ2) is 8.09. The molecule has 1 aromatic heterocycles. The Hall–Kier alpha value is 0.1000. The van der Waals surface area contributed by atoms with Gasteiger partial charge in [-0.2, -0.15) is 0 Å². The van der Waals surface area contributed by atoms with E-state index >= 15 is 0 Å². The highest BCUT2D eigenvalue weighted by molar-refractivity contribution is 9.10. The summed E-state index contributed by atoms with van der Waals surface area (Å²) in [5.74, 6) is 0. The van der Waals surface area contributed by atoms with Crippen LogP contribution in [0.4, 0.5) is 0 Å². The molecule has 1 heterocycles. The molecule has 1 aromatic rings. The average Bonchev–Trinajstić information content (AvgIpc) is 2.83. The Bertz CT molecular complexity index is 424. The van der Waals surface area contributed by atoms with Crippen LogP contribution in [0.1, 0.15) is 50.8 Å². The van der Waals surface area contributed by atoms with Crippen LogP contribution in [0, 0.1) is 5.41 Å². The number of hydrogen-bond donors (Lipinski definition) is 1. The molecule has 1 aliphatic carbocycles. The van der Waals surface area contributed by atoms with Gasteiger partial charge in [-0.25, -0.2) is 0 Å². The SMILES string of the molecule is CC(C)NCC1(CN(C)Cc2cc(Br)cs2)CCCCC1. The van der Waals surface area contributed by atoms with Gasteiger partial charge in [0, 0.05) is 40.4 Å². The molecule has 0 atom stereocenters. The Morgan fingerprint density at radius 3 is 2.62 bits per heavy atom. The van der Waals surface area contributed by atoms with Crippen LogP contribution in [-0.2, 0) is 6.54 Å². The van der Waals surface area contributed by atoms with Crippen LogP contribution in [0.5, 0.6) is 0 Å². The fourth-order valence-corrected chi connectivity index (χ4v) is 4.97. The van der Waals surface area contributed by atoms with Crippen LogP contribution in [0.3, 0.4) is 0 Å². The van der Waals surface area contributed by atoms with Gasteiger partial charge in [0.05, 0.1) is 0 Å². The lowest BCUT2D eigenvalue weighted by Gasteiger charge is -2.41. The van der Waals surface area contributed by atoms with Gasteiger partial charge in [-0.05, 0) is 47.3 Å². The summed E-state index contributed by atoms with van der Waals surface area (Å²) in [7, 11) is 2.28. The van der Waals surface area contributed by atoms with E-state index in [1.54, 1.807) is 0 Å². The normalized spacial score (nSPS) is 18.6. The second-order valence-corrected chi connectivity index (χ2v) is 8.91. The van der Waals surface area contributed by atoms with Crippen molar-refractivity contribution in [2.24, 2.45) is 5.41 Å². The highest BCUT2D eigenvalue weighted by atomic mass is 79.9. The minimum atomic E-state index is 0.478. The number of thiophene rings is 1. The first-order valence-corrected chi connectivity index (χ1v) is 9.81. The van der Waals surface area contributed by atoms with Crippen LogP contribution in [0.15, 0.2) is 15.9 Å². The average molecular weight is 373 g/mol. The van der Waals surface area contributed by atoms with Gasteiger partial charge in [0.2, 0.25) is 0 Å². The third-order valence-electron chi connectivity index (χ3n) is 4.45. The van der Waals surface area contributed by atoms with Crippen LogP contribution in [0.2, 0.25) is 0 Å². The smallest absolute Gasteiger partial charge is 0.0325 e. The Morgan fingerprint density at radius 1 is 1.33 bits per heavy atom. The van der Waals surface area contributed by atoms with Crippen molar-refractivity contribution in [1.29, 1.82) is 0 Å². The van der Waals surface area contributed by atoms with Gasteiger partial charge in [0.1, 0.15) is 0 Å². The van der Waals surface area contributed by atoms with Crippen molar-refractivity contribution in [2.75, 3.05) is 20.1 Å². The van der Waals surface area contributed by atoms with Crippen molar-refractivity contribution >= 4 is 27.3 Å². The van der Waals surface area contributed by atoms with E-state index < -0.39 is 0 Å². The number of nitrogens with zero attached hydrogens (tertiary/aromatic N) is 1. The van der Waals surface area contributed by atoms with E-state index in [1.165, 1.54) is 54.5 Å². The lowest BCUT2D eigenvalue weighted by atomic mass is 9.73. The zero-order valence-electron chi connectivity index (χ0n) is 13.6. The molecule has 1 saturated carbocycles. The first-order chi connectivity index (χ1) is 9.99. The van der Waals surface area contributed by atoms with E-state index in [1.807, 2.05) is 11.3 Å². The fraction of sp³-hybridized carbons (Fsp3) is 0.765. The standard InChI is InChI=1S/C17H29BrN2S/c1-14(2)19-12-17(7-5-4-6-8-17)13-20(3)10-16-9-15(18)11-21-16/h9,11,14,19H,4-8,10,12-13H2,1-3H3. The summed E-state index contributed by atoms with van der Waals surface area (Å²) < 4.78 is 1.21. The first kappa shape index (κ1) is 17.5. The van der Waals surface area contributed by atoms with Crippen molar-refractivity contribution < 1.29 is 0 Å². The monoisotopic (exact) mass is 372 g/mol. The Morgan fingerprint density at radius 2 is 2.05 bits per heavy atom. The molecule has 0 amide bonds. The van der Waals surface area contributed by atoms with E-state index in [9.17, 15) is 0 Å². The molecule has 1 aliphatic rings. The van der Waals surface area contributed by atoms with Crippen LogP contribution in [-0.4, -0.2) is 31.1 Å². The molecule has 0 radical (unpaired) electrons. The van der Waals surface area contributed by atoms with Crippen LogP contribution >= 0.6 is 27.3 Å². The molecule has 2 rings (SSSR count). The number of halogens is 1. The molecule has 0 aromatic carbocycles. The zero-order valence-corrected chi connectivity index (χ0v) is 16.0. The summed E-state index contributed by atoms with van der Waals surface area (Å²) in [5.41, 5.74) is 0.478. The molecule has 2 nitrogen and oxygen atoms in total. The molecule has 0 bridgehead atoms. The quantitative estimate of drug-likeness (QED) is 0.732. The summed E-state index contributed by atoms with van der Waals surface area (Å²) in [6.07, 6.45) is 6.98. The lowest BCUT2D eigenvalue weighted by molar-refractivity contribution is 0.112. The van der Waals surface area contributed by atoms with Crippen molar-refractivity contribution in [1.82, 2.24) is 10.2 Å². The lowest BCUT2D eigenvalue weighted by Crippen LogP contribution is -2.45. The summed E-state index contributed by atoms with van der Waals surface area (Å²) >= 11 is 5.41. The Balaban J connectivity index is 1.93. The van der Waals surface area contributed by atoms with E-state index in [0.717, 1.165) is 6.54 Å². The largest absolute Gasteiger partial charge is 0.314 e.